The lowest BCUT2D eigenvalue weighted by atomic mass is 10.1. The Labute approximate surface area is 97.8 Å². The van der Waals surface area contributed by atoms with Gasteiger partial charge in [-0.15, -0.1) is 5.70 Å². The third-order valence-electron chi connectivity index (χ3n) is 3.47. The van der Waals surface area contributed by atoms with Gasteiger partial charge in [0.1, 0.15) is 0 Å². The van der Waals surface area contributed by atoms with E-state index in [0.29, 0.717) is 0 Å². The number of nitrogens with zero attached hydrogens (tertiary/aromatic N) is 1. The molecule has 1 saturated heterocycles. The van der Waals surface area contributed by atoms with Gasteiger partial charge in [-0.05, 0) is 51.4 Å². The molecule has 88 valence electrons. The van der Waals surface area contributed by atoms with Crippen LogP contribution in [0.1, 0.15) is 46.0 Å². The van der Waals surface area contributed by atoms with E-state index in [2.05, 4.69) is 24.4 Å². The highest BCUT2D eigenvalue weighted by Gasteiger charge is 2.08. The van der Waals surface area contributed by atoms with Gasteiger partial charge in [-0.2, -0.15) is 0 Å². The molecule has 0 aromatic carbocycles. The first-order valence-electron chi connectivity index (χ1n) is 6.77. The Balaban J connectivity index is 2.07. The highest BCUT2D eigenvalue weighted by atomic mass is 28.2. The zero-order valence-electron chi connectivity index (χ0n) is 10.6. The molecule has 1 rings (SSSR count). The van der Waals surface area contributed by atoms with Crippen molar-refractivity contribution in [2.24, 2.45) is 0 Å². The average molecular weight is 225 g/mol. The van der Waals surface area contributed by atoms with Crippen molar-refractivity contribution in [2.75, 3.05) is 19.6 Å². The standard InChI is InChI=1S/C13H27NSi/c1-3-13(4-2)12-15-11-10-14-8-6-5-7-9-14/h12H,3-11,15H2,1-2H3. The summed E-state index contributed by atoms with van der Waals surface area (Å²) in [6.07, 6.45) is 6.88. The first-order chi connectivity index (χ1) is 7.36. The summed E-state index contributed by atoms with van der Waals surface area (Å²) in [5.41, 5.74) is 4.30. The highest BCUT2D eigenvalue weighted by molar-refractivity contribution is 6.42. The molecular formula is C13H27NSi. The van der Waals surface area contributed by atoms with Crippen LogP contribution in [-0.4, -0.2) is 34.1 Å². The van der Waals surface area contributed by atoms with Crippen LogP contribution in [-0.2, 0) is 0 Å². The minimum absolute atomic E-state index is 0.0932. The zero-order valence-corrected chi connectivity index (χ0v) is 12.0. The summed E-state index contributed by atoms with van der Waals surface area (Å²) < 4.78 is 0. The fraction of sp³-hybridized carbons (Fsp3) is 0.846. The van der Waals surface area contributed by atoms with Gasteiger partial charge in [-0.1, -0.05) is 25.8 Å². The maximum Gasteiger partial charge on any atom is 0.0466 e. The number of rotatable bonds is 6. The molecule has 1 aliphatic rings. The van der Waals surface area contributed by atoms with Crippen LogP contribution < -0.4 is 0 Å². The lowest BCUT2D eigenvalue weighted by Crippen LogP contribution is -2.30. The van der Waals surface area contributed by atoms with Gasteiger partial charge in [0, 0.05) is 9.52 Å². The molecule has 0 unspecified atom stereocenters. The molecule has 1 aliphatic heterocycles. The summed E-state index contributed by atoms with van der Waals surface area (Å²) in [4.78, 5) is 2.67. The smallest absolute Gasteiger partial charge is 0.0466 e. The molecule has 0 bridgehead atoms. The Hall–Kier alpha value is -0.0831. The maximum atomic E-state index is 2.67. The molecule has 0 aromatic rings. The predicted molar refractivity (Wildman–Crippen MR) is 72.3 cm³/mol. The maximum absolute atomic E-state index is 2.67. The van der Waals surface area contributed by atoms with Crippen molar-refractivity contribution in [3.63, 3.8) is 0 Å². The van der Waals surface area contributed by atoms with E-state index in [4.69, 9.17) is 0 Å². The molecule has 2 heteroatoms. The molecule has 0 spiro atoms. The summed E-state index contributed by atoms with van der Waals surface area (Å²) in [5, 5.41) is 0. The van der Waals surface area contributed by atoms with Crippen molar-refractivity contribution in [1.82, 2.24) is 4.90 Å². The van der Waals surface area contributed by atoms with E-state index in [0.717, 1.165) is 0 Å². The van der Waals surface area contributed by atoms with E-state index in [1.807, 2.05) is 0 Å². The van der Waals surface area contributed by atoms with Crippen LogP contribution in [0.25, 0.3) is 0 Å². The van der Waals surface area contributed by atoms with Crippen molar-refractivity contribution in [3.05, 3.63) is 11.3 Å². The summed E-state index contributed by atoms with van der Waals surface area (Å²) in [7, 11) is 0.0932. The molecule has 1 heterocycles. The van der Waals surface area contributed by atoms with Crippen LogP contribution in [0.15, 0.2) is 11.3 Å². The predicted octanol–water partition coefficient (Wildman–Crippen LogP) is 2.76. The van der Waals surface area contributed by atoms with Gasteiger partial charge in [0.05, 0.1) is 0 Å². The third kappa shape index (κ3) is 5.52. The second-order valence-electron chi connectivity index (χ2n) is 4.61. The van der Waals surface area contributed by atoms with E-state index in [-0.39, 0.29) is 9.52 Å². The Morgan fingerprint density at radius 3 is 2.40 bits per heavy atom. The second kappa shape index (κ2) is 8.11. The normalized spacial score (nSPS) is 18.5. The zero-order chi connectivity index (χ0) is 10.9. The molecule has 0 amide bonds. The minimum Gasteiger partial charge on any atom is -0.304 e. The van der Waals surface area contributed by atoms with Crippen molar-refractivity contribution in [3.8, 4) is 0 Å². The summed E-state index contributed by atoms with van der Waals surface area (Å²) >= 11 is 0. The first kappa shape index (κ1) is 13.0. The fourth-order valence-corrected chi connectivity index (χ4v) is 4.16. The van der Waals surface area contributed by atoms with Crippen molar-refractivity contribution in [2.45, 2.75) is 52.0 Å². The monoisotopic (exact) mass is 225 g/mol. The van der Waals surface area contributed by atoms with Gasteiger partial charge >= 0.3 is 0 Å². The third-order valence-corrected chi connectivity index (χ3v) is 5.06. The summed E-state index contributed by atoms with van der Waals surface area (Å²) in [6.45, 7) is 8.69. The van der Waals surface area contributed by atoms with Gasteiger partial charge in [0.2, 0.25) is 0 Å². The van der Waals surface area contributed by atoms with E-state index in [1.54, 1.807) is 5.57 Å². The molecule has 0 saturated carbocycles. The molecular weight excluding hydrogens is 198 g/mol. The van der Waals surface area contributed by atoms with Gasteiger partial charge in [-0.3, -0.25) is 0 Å². The van der Waals surface area contributed by atoms with Gasteiger partial charge in [0.15, 0.2) is 0 Å². The Morgan fingerprint density at radius 2 is 1.80 bits per heavy atom. The number of hydrogen-bond acceptors (Lipinski definition) is 1. The summed E-state index contributed by atoms with van der Waals surface area (Å²) in [5.74, 6) is 0. The molecule has 0 aliphatic carbocycles. The summed E-state index contributed by atoms with van der Waals surface area (Å²) in [6, 6.07) is 1.49. The molecule has 1 nitrogen and oxygen atoms in total. The Bertz CT molecular complexity index is 177. The van der Waals surface area contributed by atoms with Gasteiger partial charge in [-0.25, -0.2) is 0 Å². The van der Waals surface area contributed by atoms with Gasteiger partial charge in [0.25, 0.3) is 0 Å². The van der Waals surface area contributed by atoms with Crippen LogP contribution in [0.3, 0.4) is 0 Å². The molecule has 15 heavy (non-hydrogen) atoms. The Morgan fingerprint density at radius 1 is 1.13 bits per heavy atom. The van der Waals surface area contributed by atoms with Gasteiger partial charge < -0.3 is 4.90 Å². The van der Waals surface area contributed by atoms with Crippen molar-refractivity contribution in [1.29, 1.82) is 0 Å². The topological polar surface area (TPSA) is 3.24 Å². The molecule has 0 aromatic heterocycles. The van der Waals surface area contributed by atoms with Crippen LogP contribution >= 0.6 is 0 Å². The number of piperidine rings is 1. The lowest BCUT2D eigenvalue weighted by molar-refractivity contribution is 0.240. The van der Waals surface area contributed by atoms with Crippen LogP contribution in [0.2, 0.25) is 6.04 Å². The largest absolute Gasteiger partial charge is 0.304 e. The lowest BCUT2D eigenvalue weighted by Gasteiger charge is -2.26. The van der Waals surface area contributed by atoms with E-state index in [1.165, 1.54) is 57.8 Å². The van der Waals surface area contributed by atoms with Crippen LogP contribution in [0.5, 0.6) is 0 Å². The van der Waals surface area contributed by atoms with Crippen LogP contribution in [0.4, 0.5) is 0 Å². The van der Waals surface area contributed by atoms with Crippen molar-refractivity contribution >= 4 is 9.52 Å². The van der Waals surface area contributed by atoms with Crippen LogP contribution in [0, 0.1) is 0 Å². The number of hydrogen-bond donors (Lipinski definition) is 0. The number of allylic oxidation sites excluding steroid dienone is 1. The minimum atomic E-state index is 0.0932. The second-order valence-corrected chi connectivity index (χ2v) is 6.31. The molecule has 0 N–H and O–H groups in total. The first-order valence-corrected chi connectivity index (χ1v) is 8.58. The fourth-order valence-electron chi connectivity index (χ4n) is 2.34. The number of likely N-dealkylation sites (tertiary alicyclic amines) is 1. The SMILES string of the molecule is CCC(=C[SiH2]CCN1CCCCC1)CC. The highest BCUT2D eigenvalue weighted by Crippen LogP contribution is 2.09. The average Bonchev–Trinajstić information content (AvgIpc) is 2.31. The molecule has 1 fully saturated rings. The van der Waals surface area contributed by atoms with Crippen molar-refractivity contribution < 1.29 is 0 Å². The van der Waals surface area contributed by atoms with E-state index in [9.17, 15) is 0 Å². The quantitative estimate of drug-likeness (QED) is 0.496. The van der Waals surface area contributed by atoms with E-state index < -0.39 is 0 Å². The molecule has 0 radical (unpaired) electrons. The Kier molecular flexibility index (Phi) is 7.02. The van der Waals surface area contributed by atoms with E-state index >= 15 is 0 Å². The molecule has 0 atom stereocenters.